The van der Waals surface area contributed by atoms with E-state index >= 15 is 0 Å². The quantitative estimate of drug-likeness (QED) is 0.778. The molecule has 0 amide bonds. The lowest BCUT2D eigenvalue weighted by molar-refractivity contribution is -0.120. The first-order valence-corrected chi connectivity index (χ1v) is 7.11. The number of ketones is 1. The molecular formula is C12H15NO5S. The minimum Gasteiger partial charge on any atom is -0.454 e. The van der Waals surface area contributed by atoms with E-state index in [0.29, 0.717) is 0 Å². The van der Waals surface area contributed by atoms with Crippen LogP contribution in [-0.2, 0) is 19.6 Å². The Balaban J connectivity index is 2.82. The van der Waals surface area contributed by atoms with E-state index < -0.39 is 16.0 Å². The van der Waals surface area contributed by atoms with Crippen LogP contribution in [0.25, 0.3) is 0 Å². The van der Waals surface area contributed by atoms with Gasteiger partial charge in [0.05, 0.1) is 10.5 Å². The van der Waals surface area contributed by atoms with Gasteiger partial charge in [0, 0.05) is 6.54 Å². The predicted molar refractivity (Wildman–Crippen MR) is 68.3 cm³/mol. The van der Waals surface area contributed by atoms with Gasteiger partial charge in [-0.2, -0.15) is 0 Å². The summed E-state index contributed by atoms with van der Waals surface area (Å²) >= 11 is 0. The molecule has 0 heterocycles. The number of nitrogens with one attached hydrogen (secondary N) is 1. The van der Waals surface area contributed by atoms with Crippen LogP contribution < -0.4 is 4.72 Å². The number of benzene rings is 1. The normalized spacial score (nSPS) is 11.1. The molecule has 0 aliphatic rings. The van der Waals surface area contributed by atoms with Gasteiger partial charge in [-0.1, -0.05) is 6.92 Å². The van der Waals surface area contributed by atoms with Crippen LogP contribution in [-0.4, -0.2) is 33.3 Å². The minimum absolute atomic E-state index is 0.0671. The summed E-state index contributed by atoms with van der Waals surface area (Å²) in [5.74, 6) is -0.928. The number of esters is 1. The Hall–Kier alpha value is -1.73. The molecule has 7 heteroatoms. The second kappa shape index (κ2) is 6.44. The Bertz CT molecular complexity index is 562. The van der Waals surface area contributed by atoms with Crippen molar-refractivity contribution in [2.24, 2.45) is 0 Å². The summed E-state index contributed by atoms with van der Waals surface area (Å²) in [6.45, 7) is 2.96. The molecule has 0 fully saturated rings. The van der Waals surface area contributed by atoms with Gasteiger partial charge in [-0.15, -0.1) is 0 Å². The number of hydrogen-bond donors (Lipinski definition) is 1. The highest BCUT2D eigenvalue weighted by atomic mass is 32.2. The van der Waals surface area contributed by atoms with Crippen LogP contribution in [0.3, 0.4) is 0 Å². The summed E-state index contributed by atoms with van der Waals surface area (Å²) in [7, 11) is -3.53. The maximum absolute atomic E-state index is 11.7. The number of carbonyl (C=O) groups is 2. The van der Waals surface area contributed by atoms with Crippen molar-refractivity contribution in [1.82, 2.24) is 4.72 Å². The zero-order valence-electron chi connectivity index (χ0n) is 10.7. The van der Waals surface area contributed by atoms with Crippen molar-refractivity contribution in [1.29, 1.82) is 0 Å². The van der Waals surface area contributed by atoms with Gasteiger partial charge >= 0.3 is 5.97 Å². The summed E-state index contributed by atoms with van der Waals surface area (Å²) in [5.41, 5.74) is 0.191. The van der Waals surface area contributed by atoms with Crippen LogP contribution in [0.4, 0.5) is 0 Å². The van der Waals surface area contributed by atoms with Gasteiger partial charge in [-0.05, 0) is 31.2 Å². The molecule has 0 aromatic heterocycles. The first-order chi connectivity index (χ1) is 8.86. The molecule has 0 atom stereocenters. The lowest BCUT2D eigenvalue weighted by Gasteiger charge is -2.06. The molecule has 0 aliphatic heterocycles. The number of rotatable bonds is 6. The molecule has 0 radical (unpaired) electrons. The fraction of sp³-hybridized carbons (Fsp3) is 0.333. The van der Waals surface area contributed by atoms with Crippen molar-refractivity contribution in [3.8, 4) is 0 Å². The Morgan fingerprint density at radius 1 is 1.21 bits per heavy atom. The van der Waals surface area contributed by atoms with Crippen LogP contribution in [0.15, 0.2) is 29.2 Å². The highest BCUT2D eigenvalue weighted by Gasteiger charge is 2.14. The highest BCUT2D eigenvalue weighted by Crippen LogP contribution is 2.11. The monoisotopic (exact) mass is 285 g/mol. The van der Waals surface area contributed by atoms with Crippen LogP contribution in [0, 0.1) is 0 Å². The van der Waals surface area contributed by atoms with Gasteiger partial charge in [-0.25, -0.2) is 17.9 Å². The number of Topliss-reactive ketones (excluding diaryl/α,β-unsaturated/α-hetero) is 1. The first kappa shape index (κ1) is 15.3. The van der Waals surface area contributed by atoms with Crippen molar-refractivity contribution >= 4 is 21.8 Å². The zero-order chi connectivity index (χ0) is 14.5. The molecule has 104 valence electrons. The van der Waals surface area contributed by atoms with Gasteiger partial charge in [-0.3, -0.25) is 4.79 Å². The van der Waals surface area contributed by atoms with Gasteiger partial charge in [0.15, 0.2) is 5.78 Å². The van der Waals surface area contributed by atoms with Gasteiger partial charge < -0.3 is 4.74 Å². The Morgan fingerprint density at radius 2 is 1.79 bits per heavy atom. The van der Waals surface area contributed by atoms with Crippen LogP contribution >= 0.6 is 0 Å². The molecule has 0 spiro atoms. The smallest absolute Gasteiger partial charge is 0.338 e. The predicted octanol–water partition coefficient (Wildman–Crippen LogP) is 0.731. The van der Waals surface area contributed by atoms with Gasteiger partial charge in [0.2, 0.25) is 10.0 Å². The van der Waals surface area contributed by atoms with E-state index in [1.165, 1.54) is 31.2 Å². The van der Waals surface area contributed by atoms with Crippen molar-refractivity contribution in [2.45, 2.75) is 18.7 Å². The number of ether oxygens (including phenoxy) is 1. The van der Waals surface area contributed by atoms with Crippen molar-refractivity contribution < 1.29 is 22.7 Å². The maximum Gasteiger partial charge on any atom is 0.338 e. The number of sulfonamides is 1. The average molecular weight is 285 g/mol. The van der Waals surface area contributed by atoms with Crippen LogP contribution in [0.2, 0.25) is 0 Å². The van der Waals surface area contributed by atoms with E-state index in [1.807, 2.05) is 0 Å². The van der Waals surface area contributed by atoms with Crippen molar-refractivity contribution in [3.63, 3.8) is 0 Å². The molecule has 1 rings (SSSR count). The fourth-order valence-corrected chi connectivity index (χ4v) is 2.34. The molecule has 0 bridgehead atoms. The number of carbonyl (C=O) groups excluding carboxylic acids is 2. The molecular weight excluding hydrogens is 270 g/mol. The lowest BCUT2D eigenvalue weighted by Crippen LogP contribution is -2.23. The maximum atomic E-state index is 11.7. The fourth-order valence-electron chi connectivity index (χ4n) is 1.29. The van der Waals surface area contributed by atoms with Crippen molar-refractivity contribution in [3.05, 3.63) is 29.8 Å². The van der Waals surface area contributed by atoms with E-state index in [4.69, 9.17) is 4.74 Å². The van der Waals surface area contributed by atoms with Crippen LogP contribution in [0.1, 0.15) is 24.2 Å². The van der Waals surface area contributed by atoms with E-state index in [-0.39, 0.29) is 29.4 Å². The molecule has 1 aromatic carbocycles. The zero-order valence-corrected chi connectivity index (χ0v) is 11.5. The van der Waals surface area contributed by atoms with Crippen LogP contribution in [0.5, 0.6) is 0 Å². The second-order valence-electron chi connectivity index (χ2n) is 3.80. The Morgan fingerprint density at radius 3 is 2.26 bits per heavy atom. The van der Waals surface area contributed by atoms with Gasteiger partial charge in [0.25, 0.3) is 0 Å². The molecule has 0 saturated carbocycles. The lowest BCUT2D eigenvalue weighted by atomic mass is 10.2. The summed E-state index contributed by atoms with van der Waals surface area (Å²) in [4.78, 5) is 22.2. The third-order valence-corrected chi connectivity index (χ3v) is 3.70. The summed E-state index contributed by atoms with van der Waals surface area (Å²) in [6, 6.07) is 5.30. The van der Waals surface area contributed by atoms with E-state index in [1.54, 1.807) is 6.92 Å². The summed E-state index contributed by atoms with van der Waals surface area (Å²) in [6.07, 6.45) is 0. The molecule has 0 unspecified atom stereocenters. The Labute approximate surface area is 111 Å². The number of hydrogen-bond acceptors (Lipinski definition) is 5. The average Bonchev–Trinajstić information content (AvgIpc) is 2.36. The third-order valence-electron chi connectivity index (χ3n) is 2.14. The molecule has 0 aliphatic carbocycles. The largest absolute Gasteiger partial charge is 0.454 e. The molecule has 6 nitrogen and oxygen atoms in total. The first-order valence-electron chi connectivity index (χ1n) is 5.63. The van der Waals surface area contributed by atoms with E-state index in [2.05, 4.69) is 4.72 Å². The molecule has 0 saturated heterocycles. The van der Waals surface area contributed by atoms with Crippen molar-refractivity contribution in [2.75, 3.05) is 13.2 Å². The van der Waals surface area contributed by atoms with E-state index in [0.717, 1.165) is 0 Å². The minimum atomic E-state index is -3.53. The SMILES string of the molecule is CCNS(=O)(=O)c1ccc(C(=O)OCC(C)=O)cc1. The summed E-state index contributed by atoms with van der Waals surface area (Å²) < 4.78 is 30.4. The second-order valence-corrected chi connectivity index (χ2v) is 5.57. The highest BCUT2D eigenvalue weighted by molar-refractivity contribution is 7.89. The standard InChI is InChI=1S/C12H15NO5S/c1-3-13-19(16,17)11-6-4-10(5-7-11)12(15)18-8-9(2)14/h4-7,13H,3,8H2,1-2H3. The summed E-state index contributed by atoms with van der Waals surface area (Å²) in [5, 5.41) is 0. The molecule has 19 heavy (non-hydrogen) atoms. The topological polar surface area (TPSA) is 89.5 Å². The van der Waals surface area contributed by atoms with E-state index in [9.17, 15) is 18.0 Å². The molecule has 1 N–H and O–H groups in total. The molecule has 1 aromatic rings. The van der Waals surface area contributed by atoms with Gasteiger partial charge in [0.1, 0.15) is 6.61 Å². The Kier molecular flexibility index (Phi) is 5.20. The third kappa shape index (κ3) is 4.46.